The number of halogens is 4. The van der Waals surface area contributed by atoms with E-state index in [9.17, 15) is 37.5 Å². The highest BCUT2D eigenvalue weighted by atomic mass is 35.5. The molecule has 0 radical (unpaired) electrons. The monoisotopic (exact) mass is 827 g/mol. The van der Waals surface area contributed by atoms with Gasteiger partial charge in [0, 0.05) is 83.4 Å². The minimum atomic E-state index is -4.83. The first-order valence-corrected chi connectivity index (χ1v) is 19.2. The summed E-state index contributed by atoms with van der Waals surface area (Å²) in [5, 5.41) is 19.0. The SMILES string of the molecule is CCC(CCN(CC(=O)O)CC1CNC1)C(=O)N1CCN(C(=O)c2ccc(NC(=O)c3ncc(-c4cn(-c5ccc(CN)cn5)nc4C(F)(F)F)n3C)cc2Cl)CC1. The normalized spacial score (nSPS) is 15.4. The quantitative estimate of drug-likeness (QED) is 0.137. The van der Waals surface area contributed by atoms with E-state index in [0.29, 0.717) is 50.5 Å². The molecule has 0 bridgehead atoms. The molecule has 2 aliphatic heterocycles. The predicted octanol–water partition coefficient (Wildman–Crippen LogP) is 3.36. The number of nitrogens with two attached hydrogens (primary N) is 1. The van der Waals surface area contributed by atoms with Gasteiger partial charge in [-0.25, -0.2) is 14.6 Å². The molecule has 0 spiro atoms. The molecule has 5 heterocycles. The van der Waals surface area contributed by atoms with E-state index < -0.39 is 23.7 Å². The van der Waals surface area contributed by atoms with Gasteiger partial charge < -0.3 is 35.8 Å². The maximum atomic E-state index is 14.1. The molecule has 6 rings (SSSR count). The molecule has 0 saturated carbocycles. The Labute approximate surface area is 337 Å². The standard InChI is InChI=1S/C38H45ClF3N11O5/c1-3-25(8-9-50(22-32(54)55)20-24-16-44-17-24)36(57)51-10-12-52(13-11-51)37(58)27-6-5-26(14-29(27)39)47-35(56)34-46-19-30(49(34)2)28-21-53(48-33(28)38(40,41)42)31-7-4-23(15-43)18-45-31/h4-7,14,18-19,21,24-25,44H,3,8-13,15-17,20,22,43H2,1-2H3,(H,47,56)(H,54,55). The summed E-state index contributed by atoms with van der Waals surface area (Å²) in [6.45, 7) is 6.18. The molecule has 2 fully saturated rings. The van der Waals surface area contributed by atoms with Crippen LogP contribution in [0.25, 0.3) is 17.1 Å². The number of aliphatic carboxylic acids is 1. The Kier molecular flexibility index (Phi) is 13.1. The molecule has 58 heavy (non-hydrogen) atoms. The summed E-state index contributed by atoms with van der Waals surface area (Å²) in [5.41, 5.74) is 5.18. The van der Waals surface area contributed by atoms with Gasteiger partial charge in [-0.15, -0.1) is 0 Å². The van der Waals surface area contributed by atoms with E-state index in [0.717, 1.165) is 30.2 Å². The summed E-state index contributed by atoms with van der Waals surface area (Å²) >= 11 is 6.54. The van der Waals surface area contributed by atoms with Crippen LogP contribution in [-0.2, 0) is 29.4 Å². The summed E-state index contributed by atoms with van der Waals surface area (Å²) < 4.78 is 44.6. The zero-order valence-corrected chi connectivity index (χ0v) is 32.8. The molecule has 20 heteroatoms. The van der Waals surface area contributed by atoms with Crippen molar-refractivity contribution in [3.63, 3.8) is 0 Å². The van der Waals surface area contributed by atoms with Gasteiger partial charge in [0.25, 0.3) is 11.8 Å². The fourth-order valence-electron chi connectivity index (χ4n) is 7.05. The zero-order valence-electron chi connectivity index (χ0n) is 32.0. The first-order valence-electron chi connectivity index (χ1n) is 18.8. The van der Waals surface area contributed by atoms with Crippen LogP contribution in [0.1, 0.15) is 52.0 Å². The van der Waals surface area contributed by atoms with Crippen LogP contribution in [0.2, 0.25) is 5.02 Å². The van der Waals surface area contributed by atoms with E-state index in [-0.39, 0.29) is 83.1 Å². The molecular weight excluding hydrogens is 783 g/mol. The third kappa shape index (κ3) is 9.66. The number of imidazole rings is 1. The van der Waals surface area contributed by atoms with Crippen LogP contribution in [0.3, 0.4) is 0 Å². The highest BCUT2D eigenvalue weighted by Gasteiger charge is 2.39. The van der Waals surface area contributed by atoms with Crippen LogP contribution in [-0.4, -0.2) is 127 Å². The Balaban J connectivity index is 1.06. The van der Waals surface area contributed by atoms with Crippen molar-refractivity contribution in [2.24, 2.45) is 24.6 Å². The van der Waals surface area contributed by atoms with E-state index in [1.54, 1.807) is 15.9 Å². The van der Waals surface area contributed by atoms with Crippen LogP contribution in [0, 0.1) is 11.8 Å². The highest BCUT2D eigenvalue weighted by molar-refractivity contribution is 6.34. The maximum absolute atomic E-state index is 14.1. The number of rotatable bonds is 15. The van der Waals surface area contributed by atoms with Crippen molar-refractivity contribution in [1.82, 2.24) is 44.3 Å². The number of hydrogen-bond donors (Lipinski definition) is 4. The van der Waals surface area contributed by atoms with E-state index >= 15 is 0 Å². The second-order valence-corrected chi connectivity index (χ2v) is 14.8. The number of carbonyl (C=O) groups is 4. The van der Waals surface area contributed by atoms with Gasteiger partial charge in [0.1, 0.15) is 0 Å². The lowest BCUT2D eigenvalue weighted by atomic mass is 9.98. The number of alkyl halides is 3. The van der Waals surface area contributed by atoms with Crippen LogP contribution in [0.15, 0.2) is 48.9 Å². The Hall–Kier alpha value is -5.37. The second-order valence-electron chi connectivity index (χ2n) is 14.4. The molecule has 1 unspecified atom stereocenters. The number of amides is 3. The third-order valence-electron chi connectivity index (χ3n) is 10.4. The van der Waals surface area contributed by atoms with Gasteiger partial charge in [0.2, 0.25) is 5.91 Å². The van der Waals surface area contributed by atoms with Gasteiger partial charge in [0.15, 0.2) is 17.3 Å². The summed E-state index contributed by atoms with van der Waals surface area (Å²) in [5.74, 6) is -1.93. The van der Waals surface area contributed by atoms with Crippen LogP contribution in [0.4, 0.5) is 18.9 Å². The van der Waals surface area contributed by atoms with Crippen LogP contribution in [0.5, 0.6) is 0 Å². The number of nitrogens with zero attached hydrogens (tertiary/aromatic N) is 8. The van der Waals surface area contributed by atoms with Crippen LogP contribution >= 0.6 is 11.6 Å². The van der Waals surface area contributed by atoms with Crippen molar-refractivity contribution < 1.29 is 37.5 Å². The van der Waals surface area contributed by atoms with Gasteiger partial charge >= 0.3 is 12.1 Å². The number of carboxylic acid groups (broad SMARTS) is 1. The van der Waals surface area contributed by atoms with Crippen molar-refractivity contribution in [3.8, 4) is 17.1 Å². The number of pyridine rings is 1. The van der Waals surface area contributed by atoms with Crippen molar-refractivity contribution in [3.05, 3.63) is 76.6 Å². The van der Waals surface area contributed by atoms with Gasteiger partial charge in [-0.1, -0.05) is 24.6 Å². The first kappa shape index (κ1) is 42.2. The minimum absolute atomic E-state index is 0.0183. The van der Waals surface area contributed by atoms with Crippen molar-refractivity contribution in [2.75, 3.05) is 64.2 Å². The third-order valence-corrected chi connectivity index (χ3v) is 10.8. The Morgan fingerprint density at radius 2 is 1.79 bits per heavy atom. The molecule has 4 aromatic rings. The number of nitrogens with one attached hydrogen (secondary N) is 2. The fourth-order valence-corrected chi connectivity index (χ4v) is 7.31. The highest BCUT2D eigenvalue weighted by Crippen LogP contribution is 2.37. The maximum Gasteiger partial charge on any atom is 0.435 e. The molecule has 2 saturated heterocycles. The van der Waals surface area contributed by atoms with Crippen LogP contribution < -0.4 is 16.4 Å². The van der Waals surface area contributed by atoms with E-state index in [1.807, 2.05) is 11.8 Å². The average molecular weight is 828 g/mol. The molecule has 5 N–H and O–H groups in total. The lowest BCUT2D eigenvalue weighted by Crippen LogP contribution is -2.52. The second kappa shape index (κ2) is 18.0. The molecule has 0 aliphatic carbocycles. The number of benzene rings is 1. The molecule has 1 aromatic carbocycles. The smallest absolute Gasteiger partial charge is 0.435 e. The molecular formula is C38H45ClF3N11O5. The van der Waals surface area contributed by atoms with Gasteiger partial charge in [-0.2, -0.15) is 18.3 Å². The van der Waals surface area contributed by atoms with Crippen molar-refractivity contribution in [1.29, 1.82) is 0 Å². The van der Waals surface area contributed by atoms with E-state index in [4.69, 9.17) is 17.3 Å². The fraction of sp³-hybridized carbons (Fsp3) is 0.447. The van der Waals surface area contributed by atoms with Crippen molar-refractivity contribution >= 4 is 41.0 Å². The van der Waals surface area contributed by atoms with E-state index in [2.05, 4.69) is 25.7 Å². The van der Waals surface area contributed by atoms with Crippen molar-refractivity contribution in [2.45, 2.75) is 32.5 Å². The van der Waals surface area contributed by atoms with Gasteiger partial charge in [0.05, 0.1) is 34.6 Å². The van der Waals surface area contributed by atoms with Gasteiger partial charge in [-0.05, 0) is 55.1 Å². The molecule has 310 valence electrons. The predicted molar refractivity (Wildman–Crippen MR) is 207 cm³/mol. The molecule has 2 aliphatic rings. The van der Waals surface area contributed by atoms with Gasteiger partial charge in [-0.3, -0.25) is 24.1 Å². The lowest BCUT2D eigenvalue weighted by molar-refractivity contribution is -0.141. The largest absolute Gasteiger partial charge is 0.480 e. The Morgan fingerprint density at radius 1 is 1.07 bits per heavy atom. The number of carboxylic acids is 1. The topological polar surface area (TPSA) is 197 Å². The summed E-state index contributed by atoms with van der Waals surface area (Å²) in [7, 11) is 1.40. The van der Waals surface area contributed by atoms with E-state index in [1.165, 1.54) is 42.1 Å². The lowest BCUT2D eigenvalue weighted by Gasteiger charge is -2.37. The summed E-state index contributed by atoms with van der Waals surface area (Å²) in [4.78, 5) is 65.2. The zero-order chi connectivity index (χ0) is 41.7. The summed E-state index contributed by atoms with van der Waals surface area (Å²) in [6, 6.07) is 7.47. The number of anilines is 1. The Bertz CT molecular complexity index is 2130. The molecule has 1 atom stereocenters. The number of piperazine rings is 1. The first-order chi connectivity index (χ1) is 27.7. The summed E-state index contributed by atoms with van der Waals surface area (Å²) in [6.07, 6.45) is 0.0687. The number of aromatic nitrogens is 5. The number of carbonyl (C=O) groups excluding carboxylic acids is 3. The average Bonchev–Trinajstić information content (AvgIpc) is 3.80. The molecule has 16 nitrogen and oxygen atoms in total. The Morgan fingerprint density at radius 3 is 2.38 bits per heavy atom. The molecule has 3 amide bonds. The minimum Gasteiger partial charge on any atom is -0.480 e. The molecule has 3 aromatic heterocycles. The number of hydrogen-bond acceptors (Lipinski definition) is 10.